The summed E-state index contributed by atoms with van der Waals surface area (Å²) in [5.41, 5.74) is 2.73. The van der Waals surface area contributed by atoms with E-state index in [0.717, 1.165) is 5.69 Å². The summed E-state index contributed by atoms with van der Waals surface area (Å²) in [5, 5.41) is 8.87. The van der Waals surface area contributed by atoms with Gasteiger partial charge in [-0.3, -0.25) is 9.78 Å². The number of rotatable bonds is 9. The Balaban J connectivity index is 1.21. The van der Waals surface area contributed by atoms with Crippen molar-refractivity contribution in [2.24, 2.45) is 0 Å². The quantitative estimate of drug-likeness (QED) is 0.193. The molecule has 3 heterocycles. The molecule has 5 rings (SSSR count). The molecule has 5 aromatic rings. The smallest absolute Gasteiger partial charge is 0.269 e. The highest BCUT2D eigenvalue weighted by Crippen LogP contribution is 2.30. The van der Waals surface area contributed by atoms with Crippen LogP contribution < -0.4 is 20.7 Å². The van der Waals surface area contributed by atoms with Gasteiger partial charge in [-0.1, -0.05) is 35.1 Å². The van der Waals surface area contributed by atoms with Crippen LogP contribution in [-0.4, -0.2) is 25.8 Å². The number of pyridine rings is 1. The molecule has 0 unspecified atom stereocenters. The number of hydrogen-bond acceptors (Lipinski definition) is 9. The molecule has 0 aliphatic rings. The normalized spacial score (nSPS) is 10.6. The molecule has 0 bridgehead atoms. The zero-order valence-corrected chi connectivity index (χ0v) is 21.1. The average molecular weight is 548 g/mol. The van der Waals surface area contributed by atoms with E-state index in [1.807, 2.05) is 30.3 Å². The van der Waals surface area contributed by atoms with Gasteiger partial charge in [0.2, 0.25) is 0 Å². The highest BCUT2D eigenvalue weighted by molar-refractivity contribution is 7.12. The van der Waals surface area contributed by atoms with Crippen molar-refractivity contribution in [3.05, 3.63) is 106 Å². The standard InChI is InChI=1S/C26H19ClFN7O2S/c27-20-11-18(7-8-21(20)37-14-19-4-1-2-9-29-19)34-24-12-23(31-15-32-24)33-16-5-3-6-17(10-16)35-25(36)22-13-30-26(28)38-22/h1-13,15H,14H2,(H,35,36)(H2,31,32,33,34). The predicted octanol–water partition coefficient (Wildman–Crippen LogP) is 6.44. The Kier molecular flexibility index (Phi) is 7.67. The van der Waals surface area contributed by atoms with Crippen molar-refractivity contribution in [1.82, 2.24) is 19.9 Å². The van der Waals surface area contributed by atoms with Gasteiger partial charge >= 0.3 is 0 Å². The minimum Gasteiger partial charge on any atom is -0.486 e. The molecule has 0 atom stereocenters. The molecule has 0 aliphatic carbocycles. The molecule has 9 nitrogen and oxygen atoms in total. The number of nitrogens with one attached hydrogen (secondary N) is 3. The third-order valence-electron chi connectivity index (χ3n) is 5.07. The van der Waals surface area contributed by atoms with Crippen molar-refractivity contribution < 1.29 is 13.9 Å². The SMILES string of the molecule is O=C(Nc1cccc(Nc2cc(Nc3ccc(OCc4ccccn4)c(Cl)c3)ncn2)c1)c1cnc(F)s1. The Morgan fingerprint density at radius 1 is 0.895 bits per heavy atom. The molecule has 0 aliphatic heterocycles. The summed E-state index contributed by atoms with van der Waals surface area (Å²) in [5.74, 6) is 1.17. The van der Waals surface area contributed by atoms with E-state index in [2.05, 4.69) is 35.9 Å². The van der Waals surface area contributed by atoms with Gasteiger partial charge < -0.3 is 20.7 Å². The Morgan fingerprint density at radius 2 is 1.68 bits per heavy atom. The van der Waals surface area contributed by atoms with Crippen LogP contribution in [0.25, 0.3) is 0 Å². The van der Waals surface area contributed by atoms with E-state index in [0.29, 0.717) is 57.4 Å². The monoisotopic (exact) mass is 547 g/mol. The zero-order valence-electron chi connectivity index (χ0n) is 19.6. The van der Waals surface area contributed by atoms with Crippen molar-refractivity contribution in [1.29, 1.82) is 0 Å². The van der Waals surface area contributed by atoms with E-state index in [1.54, 1.807) is 42.6 Å². The third-order valence-corrected chi connectivity index (χ3v) is 6.15. The topological polar surface area (TPSA) is 114 Å². The highest BCUT2D eigenvalue weighted by Gasteiger charge is 2.11. The second-order valence-electron chi connectivity index (χ2n) is 7.81. The van der Waals surface area contributed by atoms with Crippen LogP contribution in [-0.2, 0) is 6.61 Å². The van der Waals surface area contributed by atoms with E-state index >= 15 is 0 Å². The summed E-state index contributed by atoms with van der Waals surface area (Å²) >= 11 is 7.09. The first-order chi connectivity index (χ1) is 18.5. The number of nitrogens with zero attached hydrogens (tertiary/aromatic N) is 4. The molecule has 190 valence electrons. The van der Waals surface area contributed by atoms with E-state index in [1.165, 1.54) is 12.5 Å². The lowest BCUT2D eigenvalue weighted by atomic mass is 10.2. The van der Waals surface area contributed by atoms with Crippen LogP contribution in [0.3, 0.4) is 0 Å². The molecule has 1 amide bonds. The maximum absolute atomic E-state index is 13.1. The van der Waals surface area contributed by atoms with Crippen LogP contribution in [0.4, 0.5) is 33.1 Å². The minimum atomic E-state index is -0.661. The van der Waals surface area contributed by atoms with Gasteiger partial charge in [-0.25, -0.2) is 15.0 Å². The Hall–Kier alpha value is -4.61. The fourth-order valence-corrected chi connectivity index (χ4v) is 4.12. The van der Waals surface area contributed by atoms with Crippen molar-refractivity contribution >= 4 is 57.5 Å². The molecule has 3 N–H and O–H groups in total. The van der Waals surface area contributed by atoms with Gasteiger partial charge in [0.05, 0.1) is 16.9 Å². The summed E-state index contributed by atoms with van der Waals surface area (Å²) in [6, 6.07) is 19.7. The molecule has 0 saturated carbocycles. The van der Waals surface area contributed by atoms with Crippen LogP contribution >= 0.6 is 22.9 Å². The Bertz CT molecular complexity index is 1570. The lowest BCUT2D eigenvalue weighted by Gasteiger charge is -2.12. The van der Waals surface area contributed by atoms with Gasteiger partial charge in [0, 0.05) is 29.3 Å². The summed E-state index contributed by atoms with van der Waals surface area (Å²) in [4.78, 5) is 28.7. The molecule has 0 fully saturated rings. The lowest BCUT2D eigenvalue weighted by Crippen LogP contribution is -2.10. The molecular formula is C26H19ClFN7O2S. The van der Waals surface area contributed by atoms with E-state index in [-0.39, 0.29) is 4.88 Å². The Labute approximate surface area is 225 Å². The number of thiazole rings is 1. The molecule has 3 aromatic heterocycles. The summed E-state index contributed by atoms with van der Waals surface area (Å²) < 4.78 is 18.9. The van der Waals surface area contributed by atoms with Gasteiger partial charge in [-0.15, -0.1) is 0 Å². The van der Waals surface area contributed by atoms with Crippen molar-refractivity contribution in [2.75, 3.05) is 16.0 Å². The van der Waals surface area contributed by atoms with Crippen molar-refractivity contribution in [3.8, 4) is 5.75 Å². The first-order valence-electron chi connectivity index (χ1n) is 11.2. The fraction of sp³-hybridized carbons (Fsp3) is 0.0385. The maximum Gasteiger partial charge on any atom is 0.269 e. The molecule has 38 heavy (non-hydrogen) atoms. The predicted molar refractivity (Wildman–Crippen MR) is 145 cm³/mol. The van der Waals surface area contributed by atoms with Crippen LogP contribution in [0.1, 0.15) is 15.4 Å². The number of benzene rings is 2. The third kappa shape index (κ3) is 6.58. The van der Waals surface area contributed by atoms with E-state index in [4.69, 9.17) is 16.3 Å². The first-order valence-corrected chi connectivity index (χ1v) is 12.4. The van der Waals surface area contributed by atoms with Crippen molar-refractivity contribution in [3.63, 3.8) is 0 Å². The molecule has 12 heteroatoms. The second-order valence-corrected chi connectivity index (χ2v) is 9.19. The average Bonchev–Trinajstić information content (AvgIpc) is 3.36. The number of aromatic nitrogens is 4. The number of carbonyl (C=O) groups is 1. The number of hydrogen-bond donors (Lipinski definition) is 3. The number of ether oxygens (including phenoxy) is 1. The molecule has 0 spiro atoms. The zero-order chi connectivity index (χ0) is 26.3. The van der Waals surface area contributed by atoms with Gasteiger partial charge in [0.25, 0.3) is 11.2 Å². The number of amides is 1. The van der Waals surface area contributed by atoms with E-state index in [9.17, 15) is 9.18 Å². The molecular weight excluding hydrogens is 529 g/mol. The largest absolute Gasteiger partial charge is 0.486 e. The second kappa shape index (κ2) is 11.6. The van der Waals surface area contributed by atoms with E-state index < -0.39 is 11.2 Å². The number of carbonyl (C=O) groups excluding carboxylic acids is 1. The maximum atomic E-state index is 13.1. The van der Waals surface area contributed by atoms with Gasteiger partial charge in [-0.05, 0) is 48.5 Å². The molecule has 2 aromatic carbocycles. The van der Waals surface area contributed by atoms with Crippen LogP contribution in [0, 0.1) is 5.26 Å². The van der Waals surface area contributed by atoms with Crippen LogP contribution in [0.15, 0.2) is 85.5 Å². The summed E-state index contributed by atoms with van der Waals surface area (Å²) in [7, 11) is 0. The summed E-state index contributed by atoms with van der Waals surface area (Å²) in [6.45, 7) is 0.308. The highest BCUT2D eigenvalue weighted by atomic mass is 35.5. The van der Waals surface area contributed by atoms with Crippen molar-refractivity contribution in [2.45, 2.75) is 6.61 Å². The fourth-order valence-electron chi connectivity index (χ4n) is 3.35. The number of halogens is 2. The summed E-state index contributed by atoms with van der Waals surface area (Å²) in [6.07, 6.45) is 4.32. The molecule has 0 saturated heterocycles. The Morgan fingerprint density at radius 3 is 2.39 bits per heavy atom. The first kappa shape index (κ1) is 25.1. The molecule has 0 radical (unpaired) electrons. The van der Waals surface area contributed by atoms with Gasteiger partial charge in [0.1, 0.15) is 35.2 Å². The van der Waals surface area contributed by atoms with Crippen LogP contribution in [0.2, 0.25) is 5.02 Å². The number of anilines is 5. The van der Waals surface area contributed by atoms with Gasteiger partial charge in [0.15, 0.2) is 0 Å². The minimum absolute atomic E-state index is 0.181. The van der Waals surface area contributed by atoms with Gasteiger partial charge in [-0.2, -0.15) is 4.39 Å². The lowest BCUT2D eigenvalue weighted by molar-refractivity contribution is 0.103. The van der Waals surface area contributed by atoms with Crippen LogP contribution in [0.5, 0.6) is 5.75 Å².